The summed E-state index contributed by atoms with van der Waals surface area (Å²) >= 11 is 0. The highest BCUT2D eigenvalue weighted by Crippen LogP contribution is 2.32. The second-order valence-corrected chi connectivity index (χ2v) is 15.0. The van der Waals surface area contributed by atoms with Gasteiger partial charge in [0.2, 0.25) is 5.89 Å². The zero-order chi connectivity index (χ0) is 36.6. The summed E-state index contributed by atoms with van der Waals surface area (Å²) in [5, 5.41) is 2.64. The van der Waals surface area contributed by atoms with Crippen LogP contribution in [0.3, 0.4) is 0 Å². The van der Waals surface area contributed by atoms with E-state index in [4.69, 9.17) is 32.8 Å². The second kappa shape index (κ2) is 20.7. The van der Waals surface area contributed by atoms with Gasteiger partial charge < -0.3 is 38.2 Å². The number of ether oxygens (including phenoxy) is 6. The predicted octanol–water partition coefficient (Wildman–Crippen LogP) is 7.18. The Bertz CT molecular complexity index is 1290. The standard InChI is InChI=1S/C39H60N2O10/c1-6-7-8-14-30-20-28-15-11-16-29(47-28)21-31(45-5)22-32-23-33(24-34(48-32)25-37(43)49-30)50-36(42)18-10-9-13-27-26-46-35(41-27)17-12-19-40-38(44)51-39(2,3)4/h10,12,17-18,26,28-34H,6-9,11,13-16,19-25H2,1-5H3,(H,40,44)/b17-12-,18-10-/t28-,29?,30-,31+,32?,33+,34-/m0/s1. The van der Waals surface area contributed by atoms with E-state index in [1.165, 1.54) is 6.08 Å². The molecular formula is C39H60N2O10. The fourth-order valence-electron chi connectivity index (χ4n) is 6.95. The molecule has 1 aromatic rings. The summed E-state index contributed by atoms with van der Waals surface area (Å²) in [4.78, 5) is 42.3. The quantitative estimate of drug-likeness (QED) is 0.0959. The number of methoxy groups -OCH3 is 1. The molecule has 3 aliphatic rings. The number of allylic oxidation sites excluding steroid dienone is 1. The van der Waals surface area contributed by atoms with E-state index < -0.39 is 29.9 Å². The number of hydrogen-bond donors (Lipinski definition) is 1. The molecule has 1 N–H and O–H groups in total. The molecule has 0 radical (unpaired) electrons. The summed E-state index contributed by atoms with van der Waals surface area (Å²) in [6.07, 6.45) is 18.0. The van der Waals surface area contributed by atoms with Crippen LogP contribution in [0.4, 0.5) is 4.79 Å². The van der Waals surface area contributed by atoms with E-state index in [9.17, 15) is 14.4 Å². The topological polar surface area (TPSA) is 145 Å². The molecule has 7 atom stereocenters. The Balaban J connectivity index is 1.28. The number of unbranched alkanes of at least 4 members (excludes halogenated alkanes) is 2. The van der Waals surface area contributed by atoms with Crippen molar-refractivity contribution in [3.8, 4) is 0 Å². The van der Waals surface area contributed by atoms with Crippen molar-refractivity contribution in [2.24, 2.45) is 0 Å². The van der Waals surface area contributed by atoms with E-state index in [1.54, 1.807) is 52.4 Å². The molecule has 4 heterocycles. The lowest BCUT2D eigenvalue weighted by molar-refractivity contribution is -0.171. The van der Waals surface area contributed by atoms with Crippen molar-refractivity contribution in [2.45, 2.75) is 172 Å². The minimum Gasteiger partial charge on any atom is -0.462 e. The van der Waals surface area contributed by atoms with Crippen LogP contribution in [0.1, 0.15) is 129 Å². The number of nitrogens with one attached hydrogen (secondary N) is 1. The third kappa shape index (κ3) is 15.5. The number of aryl methyl sites for hydroxylation is 1. The Morgan fingerprint density at radius 2 is 1.71 bits per heavy atom. The molecule has 3 aliphatic heterocycles. The van der Waals surface area contributed by atoms with Crippen LogP contribution in [0, 0.1) is 0 Å². The molecule has 3 fully saturated rings. The number of alkyl carbamates (subject to hydrolysis) is 1. The number of cyclic esters (lactones) is 1. The normalized spacial score (nSPS) is 27.9. The largest absolute Gasteiger partial charge is 0.462 e. The number of aromatic nitrogens is 1. The fourth-order valence-corrected chi connectivity index (χ4v) is 6.95. The zero-order valence-corrected chi connectivity index (χ0v) is 31.3. The van der Waals surface area contributed by atoms with Gasteiger partial charge in [-0.3, -0.25) is 4.79 Å². The average Bonchev–Trinajstić information content (AvgIpc) is 3.51. The number of carbonyl (C=O) groups excluding carboxylic acids is 3. The number of amides is 1. The number of rotatable bonds is 13. The molecule has 12 nitrogen and oxygen atoms in total. The van der Waals surface area contributed by atoms with Crippen LogP contribution >= 0.6 is 0 Å². The van der Waals surface area contributed by atoms with Crippen molar-refractivity contribution >= 4 is 24.1 Å². The zero-order valence-electron chi connectivity index (χ0n) is 31.3. The van der Waals surface area contributed by atoms with Gasteiger partial charge in [0.1, 0.15) is 24.1 Å². The van der Waals surface area contributed by atoms with Crippen molar-refractivity contribution in [1.29, 1.82) is 0 Å². The third-order valence-corrected chi connectivity index (χ3v) is 9.30. The maximum Gasteiger partial charge on any atom is 0.407 e. The van der Waals surface area contributed by atoms with Crippen molar-refractivity contribution < 1.29 is 47.2 Å². The first kappa shape index (κ1) is 40.5. The van der Waals surface area contributed by atoms with Gasteiger partial charge in [0.15, 0.2) is 0 Å². The highest BCUT2D eigenvalue weighted by Gasteiger charge is 2.37. The Labute approximate surface area is 303 Å². The molecule has 3 saturated heterocycles. The lowest BCUT2D eigenvalue weighted by Crippen LogP contribution is -2.42. The summed E-state index contributed by atoms with van der Waals surface area (Å²) in [5.74, 6) is -0.287. The van der Waals surface area contributed by atoms with Crippen LogP contribution in [-0.2, 0) is 44.4 Å². The van der Waals surface area contributed by atoms with Gasteiger partial charge in [-0.15, -0.1) is 0 Å². The first-order valence-electron chi connectivity index (χ1n) is 19.0. The van der Waals surface area contributed by atoms with Crippen molar-refractivity contribution in [2.75, 3.05) is 13.7 Å². The number of hydrogen-bond acceptors (Lipinski definition) is 11. The first-order valence-corrected chi connectivity index (χ1v) is 19.0. The van der Waals surface area contributed by atoms with Gasteiger partial charge in [-0.2, -0.15) is 0 Å². The Kier molecular flexibility index (Phi) is 16.5. The van der Waals surface area contributed by atoms with Crippen molar-refractivity contribution in [3.05, 3.63) is 36.1 Å². The minimum absolute atomic E-state index is 0.0644. The van der Waals surface area contributed by atoms with Crippen molar-refractivity contribution in [3.63, 3.8) is 0 Å². The molecule has 4 rings (SSSR count). The molecule has 2 unspecified atom stereocenters. The van der Waals surface area contributed by atoms with E-state index in [2.05, 4.69) is 17.2 Å². The number of oxazole rings is 1. The summed E-state index contributed by atoms with van der Waals surface area (Å²) in [7, 11) is 1.72. The van der Waals surface area contributed by atoms with Crippen molar-refractivity contribution in [1.82, 2.24) is 10.3 Å². The Morgan fingerprint density at radius 1 is 0.980 bits per heavy atom. The van der Waals surface area contributed by atoms with Gasteiger partial charge in [0.05, 0.1) is 42.6 Å². The number of esters is 2. The van der Waals surface area contributed by atoms with E-state index >= 15 is 0 Å². The molecule has 0 saturated carbocycles. The molecule has 0 aliphatic carbocycles. The molecule has 4 bridgehead atoms. The number of carbonyl (C=O) groups is 3. The maximum atomic E-state index is 13.2. The molecule has 1 aromatic heterocycles. The molecule has 51 heavy (non-hydrogen) atoms. The molecule has 286 valence electrons. The Hall–Kier alpha value is -3.22. The lowest BCUT2D eigenvalue weighted by Gasteiger charge is -2.38. The fraction of sp³-hybridized carbons (Fsp3) is 0.744. The van der Waals surface area contributed by atoms with E-state index in [-0.39, 0.29) is 49.5 Å². The highest BCUT2D eigenvalue weighted by molar-refractivity contribution is 5.82. The summed E-state index contributed by atoms with van der Waals surface area (Å²) in [6.45, 7) is 7.86. The monoisotopic (exact) mass is 716 g/mol. The van der Waals surface area contributed by atoms with Crippen LogP contribution in [-0.4, -0.2) is 85.0 Å². The molecule has 0 spiro atoms. The molecular weight excluding hydrogens is 656 g/mol. The number of nitrogens with zero attached hydrogens (tertiary/aromatic N) is 1. The van der Waals surface area contributed by atoms with Gasteiger partial charge in [-0.05, 0) is 84.6 Å². The van der Waals surface area contributed by atoms with Gasteiger partial charge in [-0.25, -0.2) is 14.6 Å². The smallest absolute Gasteiger partial charge is 0.407 e. The second-order valence-electron chi connectivity index (χ2n) is 15.0. The van der Waals surface area contributed by atoms with Crippen LogP contribution in [0.5, 0.6) is 0 Å². The highest BCUT2D eigenvalue weighted by atomic mass is 16.6. The van der Waals surface area contributed by atoms with Crippen LogP contribution in [0.25, 0.3) is 6.08 Å². The summed E-state index contributed by atoms with van der Waals surface area (Å²) < 4.78 is 41.5. The van der Waals surface area contributed by atoms with Crippen LogP contribution in [0.15, 0.2) is 28.9 Å². The van der Waals surface area contributed by atoms with Crippen LogP contribution in [0.2, 0.25) is 0 Å². The van der Waals surface area contributed by atoms with Gasteiger partial charge >= 0.3 is 18.0 Å². The molecule has 12 heteroatoms. The van der Waals surface area contributed by atoms with Gasteiger partial charge in [0.25, 0.3) is 0 Å². The molecule has 0 aromatic carbocycles. The third-order valence-electron chi connectivity index (χ3n) is 9.30. The maximum absolute atomic E-state index is 13.2. The molecule has 1 amide bonds. The Morgan fingerprint density at radius 3 is 2.47 bits per heavy atom. The van der Waals surface area contributed by atoms with Gasteiger partial charge in [0, 0.05) is 39.0 Å². The first-order chi connectivity index (χ1) is 24.5. The lowest BCUT2D eigenvalue weighted by atomic mass is 9.91. The average molecular weight is 717 g/mol. The summed E-state index contributed by atoms with van der Waals surface area (Å²) in [6, 6.07) is 0. The van der Waals surface area contributed by atoms with Crippen LogP contribution < -0.4 is 5.32 Å². The van der Waals surface area contributed by atoms with E-state index in [0.29, 0.717) is 44.4 Å². The number of fused-ring (bicyclic) bond motifs is 4. The SMILES string of the molecule is CCCCC[C@H]1C[C@@H]2CCCC(C[C@@H](OC)CC3C[C@@H](OC(=O)/C=C\CCc4coc(/C=C\CNC(=O)OC(C)(C)C)n4)C[C@@H](CC(=O)O1)O3)O2. The van der Waals surface area contributed by atoms with Gasteiger partial charge in [-0.1, -0.05) is 31.9 Å². The summed E-state index contributed by atoms with van der Waals surface area (Å²) in [5.41, 5.74) is 0.180. The predicted molar refractivity (Wildman–Crippen MR) is 191 cm³/mol. The van der Waals surface area contributed by atoms with E-state index in [0.717, 1.165) is 57.1 Å². The van der Waals surface area contributed by atoms with E-state index in [1.807, 2.05) is 0 Å². The minimum atomic E-state index is -0.560.